The minimum atomic E-state index is -1.09. The van der Waals surface area contributed by atoms with E-state index in [1.54, 1.807) is 13.8 Å². The molecule has 15 heavy (non-hydrogen) atoms. The summed E-state index contributed by atoms with van der Waals surface area (Å²) in [6.45, 7) is 3.82. The zero-order chi connectivity index (χ0) is 11.1. The van der Waals surface area contributed by atoms with Gasteiger partial charge < -0.3 is 9.47 Å². The lowest BCUT2D eigenvalue weighted by molar-refractivity contribution is -0.165. The molecule has 1 fully saturated rings. The van der Waals surface area contributed by atoms with Crippen LogP contribution in [0.15, 0.2) is 12.2 Å². The Balaban J connectivity index is 2.32. The summed E-state index contributed by atoms with van der Waals surface area (Å²) in [5.41, 5.74) is -1.09. The van der Waals surface area contributed by atoms with E-state index in [-0.39, 0.29) is 18.6 Å². The van der Waals surface area contributed by atoms with E-state index >= 15 is 0 Å². The first-order valence-corrected chi connectivity index (χ1v) is 5.18. The fourth-order valence-corrected chi connectivity index (χ4v) is 2.39. The van der Waals surface area contributed by atoms with Crippen molar-refractivity contribution in [1.82, 2.24) is 0 Å². The van der Waals surface area contributed by atoms with Crippen molar-refractivity contribution in [1.29, 1.82) is 0 Å². The largest absolute Gasteiger partial charge is 0.465 e. The summed E-state index contributed by atoms with van der Waals surface area (Å²) in [5.74, 6) is -1.05. The molecule has 2 aliphatic rings. The lowest BCUT2D eigenvalue weighted by Gasteiger charge is -2.22. The Hall–Kier alpha value is -1.32. The molecule has 0 spiro atoms. The quantitative estimate of drug-likeness (QED) is 0.388. The fraction of sp³-hybridized carbons (Fsp3) is 0.636. The van der Waals surface area contributed by atoms with Crippen molar-refractivity contribution in [3.8, 4) is 0 Å². The SMILES string of the molecule is CCOC(=O)C12CC=CC1C(C)OC2=O. The maximum absolute atomic E-state index is 11.8. The van der Waals surface area contributed by atoms with Crippen LogP contribution in [0.5, 0.6) is 0 Å². The van der Waals surface area contributed by atoms with E-state index in [1.807, 2.05) is 12.2 Å². The number of allylic oxidation sites excluding steroid dienone is 1. The number of cyclic esters (lactones) is 1. The van der Waals surface area contributed by atoms with Gasteiger partial charge in [0.05, 0.1) is 6.61 Å². The Labute approximate surface area is 88.2 Å². The molecule has 3 atom stereocenters. The van der Waals surface area contributed by atoms with Crippen molar-refractivity contribution in [2.75, 3.05) is 6.61 Å². The highest BCUT2D eigenvalue weighted by Gasteiger charge is 2.62. The Morgan fingerprint density at radius 2 is 2.47 bits per heavy atom. The van der Waals surface area contributed by atoms with Crippen LogP contribution in [0.25, 0.3) is 0 Å². The van der Waals surface area contributed by atoms with Crippen LogP contribution in [0.1, 0.15) is 20.3 Å². The Bertz CT molecular complexity index is 333. The molecule has 4 nitrogen and oxygen atoms in total. The third kappa shape index (κ3) is 1.20. The van der Waals surface area contributed by atoms with Crippen LogP contribution in [-0.2, 0) is 19.1 Å². The average molecular weight is 210 g/mol. The van der Waals surface area contributed by atoms with Crippen LogP contribution in [0.4, 0.5) is 0 Å². The summed E-state index contributed by atoms with van der Waals surface area (Å²) in [7, 11) is 0. The van der Waals surface area contributed by atoms with Crippen molar-refractivity contribution in [3.63, 3.8) is 0 Å². The second-order valence-electron chi connectivity index (χ2n) is 3.96. The van der Waals surface area contributed by atoms with Crippen molar-refractivity contribution >= 4 is 11.9 Å². The molecule has 0 aromatic carbocycles. The summed E-state index contributed by atoms with van der Waals surface area (Å²) >= 11 is 0. The third-order valence-corrected chi connectivity index (χ3v) is 3.15. The molecule has 0 radical (unpaired) electrons. The van der Waals surface area contributed by atoms with Crippen LogP contribution in [-0.4, -0.2) is 24.6 Å². The summed E-state index contributed by atoms with van der Waals surface area (Å²) < 4.78 is 10.1. The van der Waals surface area contributed by atoms with Gasteiger partial charge in [-0.05, 0) is 20.3 Å². The van der Waals surface area contributed by atoms with Gasteiger partial charge in [0.1, 0.15) is 6.10 Å². The summed E-state index contributed by atoms with van der Waals surface area (Å²) in [5, 5.41) is 0. The molecule has 0 amide bonds. The average Bonchev–Trinajstić information content (AvgIpc) is 2.70. The van der Waals surface area contributed by atoms with Gasteiger partial charge >= 0.3 is 11.9 Å². The van der Waals surface area contributed by atoms with Crippen molar-refractivity contribution in [2.45, 2.75) is 26.4 Å². The lowest BCUT2D eigenvalue weighted by Crippen LogP contribution is -2.40. The summed E-state index contributed by atoms with van der Waals surface area (Å²) in [6, 6.07) is 0. The van der Waals surface area contributed by atoms with E-state index in [0.717, 1.165) is 0 Å². The first kappa shape index (κ1) is 10.2. The van der Waals surface area contributed by atoms with Gasteiger partial charge in [0.25, 0.3) is 0 Å². The minimum absolute atomic E-state index is 0.163. The number of hydrogen-bond donors (Lipinski definition) is 0. The minimum Gasteiger partial charge on any atom is -0.465 e. The van der Waals surface area contributed by atoms with Crippen molar-refractivity contribution in [3.05, 3.63) is 12.2 Å². The molecule has 0 bridgehead atoms. The smallest absolute Gasteiger partial charge is 0.324 e. The molecule has 1 aliphatic heterocycles. The maximum atomic E-state index is 11.8. The van der Waals surface area contributed by atoms with Gasteiger partial charge in [-0.15, -0.1) is 0 Å². The molecule has 0 N–H and O–H groups in total. The molecule has 2 rings (SSSR count). The fourth-order valence-electron chi connectivity index (χ4n) is 2.39. The van der Waals surface area contributed by atoms with Crippen molar-refractivity contribution < 1.29 is 19.1 Å². The maximum Gasteiger partial charge on any atom is 0.324 e. The number of ether oxygens (including phenoxy) is 2. The first-order valence-electron chi connectivity index (χ1n) is 5.18. The molecule has 1 aliphatic carbocycles. The second kappa shape index (κ2) is 3.36. The van der Waals surface area contributed by atoms with Gasteiger partial charge in [-0.2, -0.15) is 0 Å². The molecule has 3 unspecified atom stereocenters. The molecular formula is C11H14O4. The lowest BCUT2D eigenvalue weighted by atomic mass is 9.77. The van der Waals surface area contributed by atoms with E-state index in [1.165, 1.54) is 0 Å². The van der Waals surface area contributed by atoms with Gasteiger partial charge in [0.15, 0.2) is 5.41 Å². The third-order valence-electron chi connectivity index (χ3n) is 3.15. The normalized spacial score (nSPS) is 37.6. The van der Waals surface area contributed by atoms with Crippen LogP contribution >= 0.6 is 0 Å². The van der Waals surface area contributed by atoms with Crippen LogP contribution in [0.3, 0.4) is 0 Å². The van der Waals surface area contributed by atoms with E-state index in [0.29, 0.717) is 6.42 Å². The highest BCUT2D eigenvalue weighted by atomic mass is 16.6. The molecule has 4 heteroatoms. The topological polar surface area (TPSA) is 52.6 Å². The van der Waals surface area contributed by atoms with Gasteiger partial charge in [0.2, 0.25) is 0 Å². The molecule has 1 saturated heterocycles. The Kier molecular flexibility index (Phi) is 2.29. The molecular weight excluding hydrogens is 196 g/mol. The number of fused-ring (bicyclic) bond motifs is 1. The standard InChI is InChI=1S/C11H14O4/c1-3-14-9(12)11-6-4-5-8(11)7(2)15-10(11)13/h4-5,7-8H,3,6H2,1-2H3. The number of rotatable bonds is 2. The van der Waals surface area contributed by atoms with E-state index < -0.39 is 17.4 Å². The molecule has 0 aromatic rings. The van der Waals surface area contributed by atoms with Gasteiger partial charge in [-0.3, -0.25) is 9.59 Å². The van der Waals surface area contributed by atoms with Crippen LogP contribution < -0.4 is 0 Å². The zero-order valence-corrected chi connectivity index (χ0v) is 8.86. The molecule has 1 heterocycles. The highest BCUT2D eigenvalue weighted by Crippen LogP contribution is 2.48. The zero-order valence-electron chi connectivity index (χ0n) is 8.86. The number of hydrogen-bond acceptors (Lipinski definition) is 4. The first-order chi connectivity index (χ1) is 7.13. The second-order valence-corrected chi connectivity index (χ2v) is 3.96. The molecule has 0 saturated carbocycles. The van der Waals surface area contributed by atoms with Gasteiger partial charge in [-0.1, -0.05) is 12.2 Å². The Morgan fingerprint density at radius 1 is 1.73 bits per heavy atom. The van der Waals surface area contributed by atoms with E-state index in [9.17, 15) is 9.59 Å². The van der Waals surface area contributed by atoms with Crippen LogP contribution in [0.2, 0.25) is 0 Å². The number of esters is 2. The van der Waals surface area contributed by atoms with Crippen LogP contribution in [0, 0.1) is 11.3 Å². The summed E-state index contributed by atoms with van der Waals surface area (Å²) in [4.78, 5) is 23.6. The molecule has 0 aromatic heterocycles. The molecule has 82 valence electrons. The highest BCUT2D eigenvalue weighted by molar-refractivity contribution is 6.03. The predicted molar refractivity (Wildman–Crippen MR) is 51.9 cm³/mol. The van der Waals surface area contributed by atoms with E-state index in [2.05, 4.69) is 0 Å². The predicted octanol–water partition coefficient (Wildman–Crippen LogP) is 1.06. The number of carbonyl (C=O) groups excluding carboxylic acids is 2. The van der Waals surface area contributed by atoms with Gasteiger partial charge in [-0.25, -0.2) is 0 Å². The Morgan fingerprint density at radius 3 is 3.13 bits per heavy atom. The monoisotopic (exact) mass is 210 g/mol. The van der Waals surface area contributed by atoms with E-state index in [4.69, 9.17) is 9.47 Å². The van der Waals surface area contributed by atoms with Crippen molar-refractivity contribution in [2.24, 2.45) is 11.3 Å². The summed E-state index contributed by atoms with van der Waals surface area (Å²) in [6.07, 6.45) is 3.91. The van der Waals surface area contributed by atoms with Gasteiger partial charge in [0, 0.05) is 5.92 Å². The number of carbonyl (C=O) groups is 2.